The van der Waals surface area contributed by atoms with Gasteiger partial charge in [-0.05, 0) is 68.6 Å². The number of fused-ring (bicyclic) bond motifs is 4. The molecule has 212 valence electrons. The Morgan fingerprint density at radius 2 is 1.66 bits per heavy atom. The standard InChI is InChI=1S/C36H40N2O3/c1-4-5-6-7-18-30(39)37-22-21-26-15-10-14-25-19-20-29-34(32(25)26)31(23(2)3)33(35(38-29)36(40)41)28-17-11-13-24-12-8-9-16-27(24)28/h8-17,19-20,23,35,38H,4-7,18,21-22H2,1-3H3,(H,37,39)(H,40,41). The van der Waals surface area contributed by atoms with Crippen LogP contribution in [0.25, 0.3) is 32.7 Å². The second-order valence-electron chi connectivity index (χ2n) is 11.3. The lowest BCUT2D eigenvalue weighted by Crippen LogP contribution is -2.35. The van der Waals surface area contributed by atoms with Crippen LogP contribution < -0.4 is 10.6 Å². The highest BCUT2D eigenvalue weighted by atomic mass is 16.4. The van der Waals surface area contributed by atoms with Gasteiger partial charge >= 0.3 is 5.97 Å². The zero-order chi connectivity index (χ0) is 28.9. The molecule has 4 aromatic carbocycles. The summed E-state index contributed by atoms with van der Waals surface area (Å²) in [6.07, 6.45) is 5.61. The molecule has 0 saturated carbocycles. The third kappa shape index (κ3) is 5.85. The van der Waals surface area contributed by atoms with E-state index in [0.29, 0.717) is 19.4 Å². The van der Waals surface area contributed by atoms with Crippen molar-refractivity contribution in [2.45, 2.75) is 65.3 Å². The molecule has 5 nitrogen and oxygen atoms in total. The van der Waals surface area contributed by atoms with Crippen molar-refractivity contribution in [3.8, 4) is 0 Å². The predicted molar refractivity (Wildman–Crippen MR) is 170 cm³/mol. The molecule has 0 aromatic heterocycles. The first kappa shape index (κ1) is 28.4. The van der Waals surface area contributed by atoms with Crippen LogP contribution in [0.5, 0.6) is 0 Å². The van der Waals surface area contributed by atoms with Gasteiger partial charge in [-0.15, -0.1) is 0 Å². The van der Waals surface area contributed by atoms with E-state index in [4.69, 9.17) is 0 Å². The Morgan fingerprint density at radius 1 is 0.902 bits per heavy atom. The van der Waals surface area contributed by atoms with E-state index in [2.05, 4.69) is 73.9 Å². The molecular formula is C36H40N2O3. The minimum absolute atomic E-state index is 0.0770. The van der Waals surface area contributed by atoms with E-state index in [9.17, 15) is 14.7 Å². The highest BCUT2D eigenvalue weighted by molar-refractivity contribution is 6.17. The van der Waals surface area contributed by atoms with E-state index in [-0.39, 0.29) is 11.8 Å². The van der Waals surface area contributed by atoms with Crippen molar-refractivity contribution in [1.82, 2.24) is 5.32 Å². The van der Waals surface area contributed by atoms with Gasteiger partial charge in [-0.25, -0.2) is 4.79 Å². The van der Waals surface area contributed by atoms with Gasteiger partial charge in [0.1, 0.15) is 0 Å². The molecular weight excluding hydrogens is 508 g/mol. The SMILES string of the molecule is CCCCCCC(=O)NCCc1cccc2ccc3c(c12)C(C(C)C)=C(c1cccc2ccccc12)C(C(=O)O)N3. The summed E-state index contributed by atoms with van der Waals surface area (Å²) in [6.45, 7) is 7.03. The van der Waals surface area contributed by atoms with Crippen LogP contribution in [-0.4, -0.2) is 29.6 Å². The maximum atomic E-state index is 12.8. The molecule has 0 fully saturated rings. The lowest BCUT2D eigenvalue weighted by atomic mass is 9.77. The second-order valence-corrected chi connectivity index (χ2v) is 11.3. The number of unbranched alkanes of at least 4 members (excludes halogenated alkanes) is 3. The number of carboxylic acid groups (broad SMARTS) is 1. The van der Waals surface area contributed by atoms with Crippen molar-refractivity contribution in [3.63, 3.8) is 0 Å². The average molecular weight is 549 g/mol. The summed E-state index contributed by atoms with van der Waals surface area (Å²) in [6, 6.07) is 23.8. The molecule has 5 heteroatoms. The highest BCUT2D eigenvalue weighted by Gasteiger charge is 2.35. The van der Waals surface area contributed by atoms with E-state index in [0.717, 1.165) is 80.8 Å². The van der Waals surface area contributed by atoms with Crippen molar-refractivity contribution in [2.75, 3.05) is 11.9 Å². The summed E-state index contributed by atoms with van der Waals surface area (Å²) in [4.78, 5) is 25.2. The van der Waals surface area contributed by atoms with Crippen LogP contribution in [0.1, 0.15) is 69.6 Å². The molecule has 41 heavy (non-hydrogen) atoms. The Kier molecular flexibility index (Phi) is 8.72. The minimum atomic E-state index is -0.897. The molecule has 1 amide bonds. The fraction of sp³-hybridized carbons (Fsp3) is 0.333. The largest absolute Gasteiger partial charge is 0.479 e. The summed E-state index contributed by atoms with van der Waals surface area (Å²) < 4.78 is 0. The maximum Gasteiger partial charge on any atom is 0.330 e. The Hall–Kier alpha value is -4.12. The van der Waals surface area contributed by atoms with Crippen molar-refractivity contribution < 1.29 is 14.7 Å². The summed E-state index contributed by atoms with van der Waals surface area (Å²) in [5.41, 5.74) is 5.88. The van der Waals surface area contributed by atoms with Crippen LogP contribution >= 0.6 is 0 Å². The molecule has 1 aliphatic rings. The second kappa shape index (κ2) is 12.6. The maximum absolute atomic E-state index is 12.8. The zero-order valence-corrected chi connectivity index (χ0v) is 24.3. The van der Waals surface area contributed by atoms with E-state index < -0.39 is 12.0 Å². The van der Waals surface area contributed by atoms with Crippen LogP contribution in [0.15, 0.2) is 72.8 Å². The van der Waals surface area contributed by atoms with E-state index in [1.807, 2.05) is 30.3 Å². The molecule has 0 spiro atoms. The van der Waals surface area contributed by atoms with Gasteiger partial charge in [0.25, 0.3) is 0 Å². The molecule has 0 bridgehead atoms. The average Bonchev–Trinajstić information content (AvgIpc) is 2.97. The van der Waals surface area contributed by atoms with Crippen molar-refractivity contribution in [3.05, 3.63) is 89.5 Å². The smallest absolute Gasteiger partial charge is 0.330 e. The molecule has 4 aromatic rings. The van der Waals surface area contributed by atoms with Crippen LogP contribution in [0.4, 0.5) is 5.69 Å². The number of amides is 1. The van der Waals surface area contributed by atoms with Crippen LogP contribution in [0.2, 0.25) is 0 Å². The van der Waals surface area contributed by atoms with Gasteiger partial charge in [-0.3, -0.25) is 4.79 Å². The molecule has 0 radical (unpaired) electrons. The minimum Gasteiger partial charge on any atom is -0.479 e. The van der Waals surface area contributed by atoms with Gasteiger partial charge < -0.3 is 15.7 Å². The summed E-state index contributed by atoms with van der Waals surface area (Å²) >= 11 is 0. The fourth-order valence-electron chi connectivity index (χ4n) is 6.26. The predicted octanol–water partition coefficient (Wildman–Crippen LogP) is 8.07. The number of anilines is 1. The monoisotopic (exact) mass is 548 g/mol. The first-order valence-corrected chi connectivity index (χ1v) is 14.9. The molecule has 1 aliphatic heterocycles. The van der Waals surface area contributed by atoms with Gasteiger partial charge in [0.05, 0.1) is 0 Å². The number of hydrogen-bond donors (Lipinski definition) is 3. The number of carbonyl (C=O) groups is 2. The first-order valence-electron chi connectivity index (χ1n) is 14.9. The van der Waals surface area contributed by atoms with Gasteiger partial charge in [0, 0.05) is 24.2 Å². The van der Waals surface area contributed by atoms with Crippen LogP contribution in [0.3, 0.4) is 0 Å². The lowest BCUT2D eigenvalue weighted by Gasteiger charge is -2.34. The van der Waals surface area contributed by atoms with Crippen LogP contribution in [-0.2, 0) is 16.0 Å². The van der Waals surface area contributed by atoms with Crippen molar-refractivity contribution in [2.24, 2.45) is 5.92 Å². The number of rotatable bonds is 11. The number of carbonyl (C=O) groups excluding carboxylic acids is 1. The Balaban J connectivity index is 1.62. The van der Waals surface area contributed by atoms with Gasteiger partial charge in [0.15, 0.2) is 6.04 Å². The third-order valence-electron chi connectivity index (χ3n) is 8.16. The number of carboxylic acids is 1. The number of nitrogens with one attached hydrogen (secondary N) is 2. The zero-order valence-electron chi connectivity index (χ0n) is 24.3. The number of benzene rings is 4. The quantitative estimate of drug-likeness (QED) is 0.166. The Bertz CT molecular complexity index is 1610. The summed E-state index contributed by atoms with van der Waals surface area (Å²) in [7, 11) is 0. The van der Waals surface area contributed by atoms with Crippen molar-refractivity contribution in [1.29, 1.82) is 0 Å². The van der Waals surface area contributed by atoms with Gasteiger partial charge in [-0.1, -0.05) is 107 Å². The molecule has 1 unspecified atom stereocenters. The van der Waals surface area contributed by atoms with E-state index >= 15 is 0 Å². The molecule has 3 N–H and O–H groups in total. The molecule has 5 rings (SSSR count). The van der Waals surface area contributed by atoms with Crippen LogP contribution in [0, 0.1) is 5.92 Å². The van der Waals surface area contributed by atoms with E-state index in [1.54, 1.807) is 0 Å². The third-order valence-corrected chi connectivity index (χ3v) is 8.16. The summed E-state index contributed by atoms with van der Waals surface area (Å²) in [5, 5.41) is 21.3. The number of hydrogen-bond acceptors (Lipinski definition) is 3. The van der Waals surface area contributed by atoms with Gasteiger partial charge in [0.2, 0.25) is 5.91 Å². The Labute approximate surface area is 242 Å². The van der Waals surface area contributed by atoms with Crippen molar-refractivity contribution >= 4 is 50.3 Å². The highest BCUT2D eigenvalue weighted by Crippen LogP contribution is 2.47. The topological polar surface area (TPSA) is 78.4 Å². The first-order chi connectivity index (χ1) is 19.9. The number of aliphatic carboxylic acids is 1. The normalized spacial score (nSPS) is 14.8. The summed E-state index contributed by atoms with van der Waals surface area (Å²) in [5.74, 6) is -0.713. The van der Waals surface area contributed by atoms with Gasteiger partial charge in [-0.2, -0.15) is 0 Å². The molecule has 0 aliphatic carbocycles. The number of allylic oxidation sites excluding steroid dienone is 1. The fourth-order valence-corrected chi connectivity index (χ4v) is 6.26. The molecule has 0 saturated heterocycles. The lowest BCUT2D eigenvalue weighted by molar-refractivity contribution is -0.136. The van der Waals surface area contributed by atoms with E-state index in [1.165, 1.54) is 0 Å². The molecule has 1 atom stereocenters. The molecule has 1 heterocycles. The Morgan fingerprint density at radius 3 is 2.44 bits per heavy atom.